The lowest BCUT2D eigenvalue weighted by Crippen LogP contribution is -2.05. The number of rotatable bonds is 3. The molecule has 1 saturated carbocycles. The number of nitrogens with zero attached hydrogens (tertiary/aromatic N) is 1. The highest BCUT2D eigenvalue weighted by molar-refractivity contribution is 5.99. The Hall–Kier alpha value is -2.93. The van der Waals surface area contributed by atoms with Gasteiger partial charge >= 0.3 is 0 Å². The lowest BCUT2D eigenvalue weighted by atomic mass is 9.86. The molecule has 172 valence electrons. The van der Waals surface area contributed by atoms with E-state index in [1.54, 1.807) is 0 Å². The Morgan fingerprint density at radius 3 is 2.47 bits per heavy atom. The first-order valence-corrected chi connectivity index (χ1v) is 13.0. The average molecular weight is 446 g/mol. The number of hydrogen-bond acceptors (Lipinski definition) is 1. The fourth-order valence-corrected chi connectivity index (χ4v) is 6.52. The predicted octanol–water partition coefficient (Wildman–Crippen LogP) is 9.20. The minimum atomic E-state index is 0.451. The van der Waals surface area contributed by atoms with Crippen LogP contribution in [0.5, 0.6) is 0 Å². The molecule has 0 aliphatic heterocycles. The number of fused-ring (bicyclic) bond motifs is 4. The van der Waals surface area contributed by atoms with Gasteiger partial charge < -0.3 is 0 Å². The zero-order valence-electron chi connectivity index (χ0n) is 21.2. The largest absolute Gasteiger partial charge is 0.255 e. The molecule has 1 heteroatoms. The number of aromatic nitrogens is 1. The first-order chi connectivity index (χ1) is 16.3. The lowest BCUT2D eigenvalue weighted by Gasteiger charge is -2.20. The van der Waals surface area contributed by atoms with Crippen molar-refractivity contribution in [2.75, 3.05) is 0 Å². The second-order valence-corrected chi connectivity index (χ2v) is 11.8. The van der Waals surface area contributed by atoms with Crippen LogP contribution in [0.15, 0.2) is 60.8 Å². The Balaban J connectivity index is 1.54. The summed E-state index contributed by atoms with van der Waals surface area (Å²) in [5.41, 5.74) is 12.7. The standard InChI is InChI=1S/C33H35N/c1-20(2)31-19-34-32(26-11-10-22(16-28(26)31)24-12-13-33(4,5)18-24)30-15-21(3)14-27-25-9-7-6-8-23(25)17-29(27)30/h6-11,14-16,19-20,24H,12-13,17-18H2,1-5H3. The van der Waals surface area contributed by atoms with Crippen molar-refractivity contribution < 1.29 is 0 Å². The van der Waals surface area contributed by atoms with Crippen LogP contribution >= 0.6 is 0 Å². The minimum Gasteiger partial charge on any atom is -0.255 e. The normalized spacial score (nSPS) is 18.5. The average Bonchev–Trinajstić information content (AvgIpc) is 3.37. The molecule has 0 N–H and O–H groups in total. The zero-order chi connectivity index (χ0) is 23.6. The van der Waals surface area contributed by atoms with Crippen molar-refractivity contribution in [3.05, 3.63) is 88.6 Å². The Morgan fingerprint density at radius 1 is 0.912 bits per heavy atom. The van der Waals surface area contributed by atoms with Crippen LogP contribution in [0.25, 0.3) is 33.2 Å². The molecule has 2 aliphatic carbocycles. The molecule has 1 nitrogen and oxygen atoms in total. The molecule has 2 aliphatic rings. The molecule has 0 bridgehead atoms. The Kier molecular flexibility index (Phi) is 4.96. The summed E-state index contributed by atoms with van der Waals surface area (Å²) >= 11 is 0. The maximum absolute atomic E-state index is 5.13. The van der Waals surface area contributed by atoms with Gasteiger partial charge in [0.2, 0.25) is 0 Å². The summed E-state index contributed by atoms with van der Waals surface area (Å²) < 4.78 is 0. The molecular weight excluding hydrogens is 410 g/mol. The van der Waals surface area contributed by atoms with Crippen LogP contribution in [-0.2, 0) is 6.42 Å². The van der Waals surface area contributed by atoms with Gasteiger partial charge in [-0.05, 0) is 100 Å². The van der Waals surface area contributed by atoms with Gasteiger partial charge in [-0.2, -0.15) is 0 Å². The molecule has 34 heavy (non-hydrogen) atoms. The molecule has 0 saturated heterocycles. The van der Waals surface area contributed by atoms with Crippen LogP contribution in [0.4, 0.5) is 0 Å². The van der Waals surface area contributed by atoms with E-state index in [0.29, 0.717) is 17.3 Å². The summed E-state index contributed by atoms with van der Waals surface area (Å²) in [5, 5.41) is 2.70. The first-order valence-electron chi connectivity index (χ1n) is 13.0. The molecule has 0 radical (unpaired) electrons. The zero-order valence-corrected chi connectivity index (χ0v) is 21.2. The summed E-state index contributed by atoms with van der Waals surface area (Å²) in [4.78, 5) is 5.13. The topological polar surface area (TPSA) is 12.9 Å². The Labute approximate surface area is 204 Å². The van der Waals surface area contributed by atoms with Gasteiger partial charge in [0.25, 0.3) is 0 Å². The van der Waals surface area contributed by atoms with Gasteiger partial charge in [-0.25, -0.2) is 0 Å². The molecule has 1 aromatic heterocycles. The third-order valence-electron chi connectivity index (χ3n) is 8.33. The third-order valence-corrected chi connectivity index (χ3v) is 8.33. The van der Waals surface area contributed by atoms with Gasteiger partial charge in [-0.15, -0.1) is 0 Å². The van der Waals surface area contributed by atoms with E-state index >= 15 is 0 Å². The van der Waals surface area contributed by atoms with E-state index in [-0.39, 0.29) is 0 Å². The molecule has 1 fully saturated rings. The molecule has 0 amide bonds. The van der Waals surface area contributed by atoms with Crippen LogP contribution in [0.2, 0.25) is 0 Å². The van der Waals surface area contributed by atoms with Gasteiger partial charge in [0, 0.05) is 17.1 Å². The van der Waals surface area contributed by atoms with Crippen LogP contribution in [0.3, 0.4) is 0 Å². The van der Waals surface area contributed by atoms with Crippen molar-refractivity contribution in [2.45, 2.75) is 72.1 Å². The fourth-order valence-electron chi connectivity index (χ4n) is 6.52. The number of benzene rings is 3. The van der Waals surface area contributed by atoms with E-state index in [9.17, 15) is 0 Å². The molecule has 0 spiro atoms. The van der Waals surface area contributed by atoms with Crippen LogP contribution in [0.1, 0.15) is 86.6 Å². The highest BCUT2D eigenvalue weighted by Gasteiger charge is 2.32. The summed E-state index contributed by atoms with van der Waals surface area (Å²) in [5.74, 6) is 1.13. The van der Waals surface area contributed by atoms with Crippen LogP contribution in [-0.4, -0.2) is 4.98 Å². The highest BCUT2D eigenvalue weighted by atomic mass is 14.7. The quantitative estimate of drug-likeness (QED) is 0.270. The Morgan fingerprint density at radius 2 is 1.71 bits per heavy atom. The van der Waals surface area contributed by atoms with Gasteiger partial charge in [-0.3, -0.25) is 4.98 Å². The van der Waals surface area contributed by atoms with Crippen molar-refractivity contribution in [1.82, 2.24) is 4.98 Å². The van der Waals surface area contributed by atoms with Gasteiger partial charge in [0.1, 0.15) is 0 Å². The maximum atomic E-state index is 5.13. The summed E-state index contributed by atoms with van der Waals surface area (Å²) in [7, 11) is 0. The molecule has 4 aromatic rings. The molecule has 1 unspecified atom stereocenters. The molecule has 1 heterocycles. The number of pyridine rings is 1. The molecule has 1 atom stereocenters. The van der Waals surface area contributed by atoms with Crippen molar-refractivity contribution >= 4 is 10.8 Å². The maximum Gasteiger partial charge on any atom is 0.0783 e. The number of aryl methyl sites for hydroxylation is 1. The Bertz CT molecular complexity index is 1420. The van der Waals surface area contributed by atoms with Gasteiger partial charge in [-0.1, -0.05) is 76.2 Å². The van der Waals surface area contributed by atoms with Crippen LogP contribution < -0.4 is 0 Å². The number of hydrogen-bond donors (Lipinski definition) is 0. The van der Waals surface area contributed by atoms with E-state index < -0.39 is 0 Å². The van der Waals surface area contributed by atoms with E-state index in [1.165, 1.54) is 74.5 Å². The highest BCUT2D eigenvalue weighted by Crippen LogP contribution is 2.48. The van der Waals surface area contributed by atoms with Crippen LogP contribution in [0, 0.1) is 12.3 Å². The predicted molar refractivity (Wildman–Crippen MR) is 145 cm³/mol. The van der Waals surface area contributed by atoms with E-state index in [1.807, 2.05) is 0 Å². The minimum absolute atomic E-state index is 0.451. The second kappa shape index (κ2) is 7.80. The van der Waals surface area contributed by atoms with Gasteiger partial charge in [0.05, 0.1) is 5.69 Å². The summed E-state index contributed by atoms with van der Waals surface area (Å²) in [6, 6.07) is 20.9. The molecular formula is C33H35N. The van der Waals surface area contributed by atoms with Crippen molar-refractivity contribution in [2.24, 2.45) is 5.41 Å². The van der Waals surface area contributed by atoms with Gasteiger partial charge in [0.15, 0.2) is 0 Å². The summed E-state index contributed by atoms with van der Waals surface area (Å²) in [6.45, 7) is 11.7. The van der Waals surface area contributed by atoms with E-state index in [2.05, 4.69) is 95.4 Å². The first kappa shape index (κ1) is 21.6. The summed E-state index contributed by atoms with van der Waals surface area (Å²) in [6.07, 6.45) is 7.06. The second-order valence-electron chi connectivity index (χ2n) is 11.8. The van der Waals surface area contributed by atoms with E-state index in [0.717, 1.165) is 12.1 Å². The third kappa shape index (κ3) is 3.49. The molecule has 3 aromatic carbocycles. The fraction of sp³-hybridized carbons (Fsp3) is 0.364. The van der Waals surface area contributed by atoms with Crippen molar-refractivity contribution in [3.63, 3.8) is 0 Å². The van der Waals surface area contributed by atoms with E-state index in [4.69, 9.17) is 4.98 Å². The van der Waals surface area contributed by atoms with Crippen molar-refractivity contribution in [1.29, 1.82) is 0 Å². The lowest BCUT2D eigenvalue weighted by molar-refractivity contribution is 0.376. The smallest absolute Gasteiger partial charge is 0.0783 e. The SMILES string of the molecule is Cc1cc2c(c(-c3ncc(C(C)C)c4cc(C5CCC(C)(C)C5)ccc34)c1)Cc1ccccc1-2. The monoisotopic (exact) mass is 445 g/mol. The van der Waals surface area contributed by atoms with Crippen molar-refractivity contribution in [3.8, 4) is 22.4 Å². The molecule has 6 rings (SSSR count).